The number of hydrogen-bond acceptors (Lipinski definition) is 6. The molecule has 0 bridgehead atoms. The Balaban J connectivity index is 3.83. The number of unbranched alkanes of at least 4 members (excludes halogenated alkanes) is 1. The van der Waals surface area contributed by atoms with Gasteiger partial charge in [-0.05, 0) is 39.8 Å². The molecule has 0 aromatic rings. The molecule has 1 atom stereocenters. The highest BCUT2D eigenvalue weighted by Crippen LogP contribution is 2.12. The van der Waals surface area contributed by atoms with Crippen molar-refractivity contribution in [3.05, 3.63) is 0 Å². The van der Waals surface area contributed by atoms with Crippen LogP contribution in [0, 0.1) is 0 Å². The summed E-state index contributed by atoms with van der Waals surface area (Å²) >= 11 is 0. The number of nitrogens with two attached hydrogens (primary N) is 1. The molecular weight excluding hydrogens is 268 g/mol. The molecule has 0 saturated carbocycles. The van der Waals surface area contributed by atoms with Crippen molar-refractivity contribution < 1.29 is 17.9 Å². The molecule has 0 radical (unpaired) electrons. The number of methoxy groups -OCH3 is 1. The number of hydrogen-bond donors (Lipinski definition) is 1. The molecule has 114 valence electrons. The molecule has 0 aliphatic heterocycles. The third-order valence-corrected chi connectivity index (χ3v) is 3.91. The lowest BCUT2D eigenvalue weighted by atomic mass is 9.96. The van der Waals surface area contributed by atoms with E-state index in [1.165, 1.54) is 13.4 Å². The minimum absolute atomic E-state index is 0.167. The second-order valence-corrected chi connectivity index (χ2v) is 7.56. The smallest absolute Gasteiger partial charge is 0.325 e. The van der Waals surface area contributed by atoms with Gasteiger partial charge in [-0.25, -0.2) is 8.42 Å². The summed E-state index contributed by atoms with van der Waals surface area (Å²) in [7, 11) is 0.297. The highest BCUT2D eigenvalue weighted by atomic mass is 32.2. The summed E-state index contributed by atoms with van der Waals surface area (Å²) in [4.78, 5) is 13.3. The van der Waals surface area contributed by atoms with Gasteiger partial charge in [-0.15, -0.1) is 0 Å². The Morgan fingerprint density at radius 1 is 1.32 bits per heavy atom. The number of rotatable bonds is 9. The van der Waals surface area contributed by atoms with Crippen molar-refractivity contribution in [3.63, 3.8) is 0 Å². The molecule has 0 saturated heterocycles. The van der Waals surface area contributed by atoms with Crippen LogP contribution >= 0.6 is 0 Å². The number of ether oxygens (including phenoxy) is 1. The monoisotopic (exact) mass is 294 g/mol. The summed E-state index contributed by atoms with van der Waals surface area (Å²) in [6.07, 6.45) is 3.45. The van der Waals surface area contributed by atoms with Crippen molar-refractivity contribution >= 4 is 15.8 Å². The normalized spacial score (nSPS) is 15.3. The van der Waals surface area contributed by atoms with E-state index < -0.39 is 21.3 Å². The van der Waals surface area contributed by atoms with Gasteiger partial charge in [0.15, 0.2) is 0 Å². The van der Waals surface area contributed by atoms with Crippen LogP contribution in [0.15, 0.2) is 0 Å². The Hall–Kier alpha value is -0.660. The van der Waals surface area contributed by atoms with Gasteiger partial charge in [0.25, 0.3) is 0 Å². The maximum atomic E-state index is 11.4. The van der Waals surface area contributed by atoms with Crippen LogP contribution in [-0.2, 0) is 19.4 Å². The SMILES string of the molecule is COC(=O)C(C)(N)CCCCN(C)CCS(C)(=O)=O. The lowest BCUT2D eigenvalue weighted by Gasteiger charge is -2.22. The molecule has 0 aliphatic rings. The average molecular weight is 294 g/mol. The van der Waals surface area contributed by atoms with E-state index in [1.54, 1.807) is 6.92 Å². The number of carbonyl (C=O) groups excluding carboxylic acids is 1. The molecule has 0 fully saturated rings. The van der Waals surface area contributed by atoms with Crippen LogP contribution in [0.3, 0.4) is 0 Å². The maximum Gasteiger partial charge on any atom is 0.325 e. The van der Waals surface area contributed by atoms with E-state index in [9.17, 15) is 13.2 Å². The molecule has 2 N–H and O–H groups in total. The second-order valence-electron chi connectivity index (χ2n) is 5.30. The zero-order chi connectivity index (χ0) is 15.1. The van der Waals surface area contributed by atoms with Gasteiger partial charge in [-0.1, -0.05) is 0 Å². The highest BCUT2D eigenvalue weighted by Gasteiger charge is 2.28. The lowest BCUT2D eigenvalue weighted by Crippen LogP contribution is -2.45. The largest absolute Gasteiger partial charge is 0.468 e. The molecule has 0 rings (SSSR count). The first-order valence-corrected chi connectivity index (χ1v) is 8.38. The van der Waals surface area contributed by atoms with Crippen molar-refractivity contribution in [2.24, 2.45) is 5.73 Å². The molecule has 19 heavy (non-hydrogen) atoms. The van der Waals surface area contributed by atoms with E-state index in [2.05, 4.69) is 4.74 Å². The number of sulfone groups is 1. The molecule has 1 unspecified atom stereocenters. The van der Waals surface area contributed by atoms with E-state index in [0.717, 1.165) is 19.4 Å². The zero-order valence-corrected chi connectivity index (χ0v) is 13.1. The molecular formula is C12H26N2O4S. The predicted molar refractivity (Wildman–Crippen MR) is 75.7 cm³/mol. The van der Waals surface area contributed by atoms with Crippen LogP contribution in [0.5, 0.6) is 0 Å². The van der Waals surface area contributed by atoms with Crippen LogP contribution < -0.4 is 5.73 Å². The van der Waals surface area contributed by atoms with Crippen molar-refractivity contribution in [2.45, 2.75) is 31.7 Å². The molecule has 0 aromatic heterocycles. The maximum absolute atomic E-state index is 11.4. The molecule has 0 aromatic carbocycles. The first kappa shape index (κ1) is 18.3. The topological polar surface area (TPSA) is 89.7 Å². The van der Waals surface area contributed by atoms with Gasteiger partial charge in [-0.3, -0.25) is 4.79 Å². The van der Waals surface area contributed by atoms with Crippen molar-refractivity contribution in [2.75, 3.05) is 39.3 Å². The van der Waals surface area contributed by atoms with Crippen molar-refractivity contribution in [1.82, 2.24) is 4.90 Å². The Kier molecular flexibility index (Phi) is 7.54. The van der Waals surface area contributed by atoms with Crippen LogP contribution in [-0.4, -0.2) is 64.1 Å². The zero-order valence-electron chi connectivity index (χ0n) is 12.3. The Morgan fingerprint density at radius 3 is 2.37 bits per heavy atom. The molecule has 7 heteroatoms. The fraction of sp³-hybridized carbons (Fsp3) is 0.917. The average Bonchev–Trinajstić information content (AvgIpc) is 2.30. The van der Waals surface area contributed by atoms with Crippen LogP contribution in [0.4, 0.5) is 0 Å². The highest BCUT2D eigenvalue weighted by molar-refractivity contribution is 7.90. The fourth-order valence-electron chi connectivity index (χ4n) is 1.64. The standard InChI is InChI=1S/C12H26N2O4S/c1-12(13,11(15)18-3)7-5-6-8-14(2)9-10-19(4,16)17/h5-10,13H2,1-4H3. The van der Waals surface area contributed by atoms with Gasteiger partial charge in [0.05, 0.1) is 12.9 Å². The van der Waals surface area contributed by atoms with E-state index >= 15 is 0 Å². The van der Waals surface area contributed by atoms with Crippen molar-refractivity contribution in [1.29, 1.82) is 0 Å². The van der Waals surface area contributed by atoms with Crippen molar-refractivity contribution in [3.8, 4) is 0 Å². The predicted octanol–water partition coefficient (Wildman–Crippen LogP) is 0.0235. The quantitative estimate of drug-likeness (QED) is 0.476. The first-order chi connectivity index (χ1) is 8.58. The van der Waals surface area contributed by atoms with Gasteiger partial charge in [0.1, 0.15) is 15.4 Å². The van der Waals surface area contributed by atoms with E-state index in [0.29, 0.717) is 13.0 Å². The molecule has 6 nitrogen and oxygen atoms in total. The summed E-state index contributed by atoms with van der Waals surface area (Å²) < 4.78 is 26.6. The van der Waals surface area contributed by atoms with E-state index in [4.69, 9.17) is 5.73 Å². The lowest BCUT2D eigenvalue weighted by molar-refractivity contribution is -0.146. The molecule has 0 spiro atoms. The summed E-state index contributed by atoms with van der Waals surface area (Å²) in [6, 6.07) is 0. The van der Waals surface area contributed by atoms with Gasteiger partial charge >= 0.3 is 5.97 Å². The Morgan fingerprint density at radius 2 is 1.89 bits per heavy atom. The molecule has 0 aliphatic carbocycles. The molecule has 0 heterocycles. The minimum Gasteiger partial charge on any atom is -0.468 e. The van der Waals surface area contributed by atoms with Gasteiger partial charge in [0.2, 0.25) is 0 Å². The minimum atomic E-state index is -2.91. The number of carbonyl (C=O) groups is 1. The summed E-state index contributed by atoms with van der Waals surface area (Å²) in [5.41, 5.74) is 4.89. The first-order valence-electron chi connectivity index (χ1n) is 6.32. The summed E-state index contributed by atoms with van der Waals surface area (Å²) in [5, 5.41) is 0. The summed E-state index contributed by atoms with van der Waals surface area (Å²) in [6.45, 7) is 2.97. The van der Waals surface area contributed by atoms with E-state index in [-0.39, 0.29) is 5.75 Å². The number of esters is 1. The Bertz CT molecular complexity index is 379. The van der Waals surface area contributed by atoms with Gasteiger partial charge < -0.3 is 15.4 Å². The van der Waals surface area contributed by atoms with Crippen LogP contribution in [0.2, 0.25) is 0 Å². The van der Waals surface area contributed by atoms with Crippen LogP contribution in [0.1, 0.15) is 26.2 Å². The third-order valence-electron chi connectivity index (χ3n) is 2.98. The van der Waals surface area contributed by atoms with Crippen LogP contribution in [0.25, 0.3) is 0 Å². The summed E-state index contributed by atoms with van der Waals surface area (Å²) in [5.74, 6) is -0.238. The molecule has 0 amide bonds. The third kappa shape index (κ3) is 8.96. The fourth-order valence-corrected chi connectivity index (χ4v) is 2.29. The number of nitrogens with zero attached hydrogens (tertiary/aromatic N) is 1. The van der Waals surface area contributed by atoms with Gasteiger partial charge in [0, 0.05) is 12.8 Å². The van der Waals surface area contributed by atoms with E-state index in [1.807, 2.05) is 11.9 Å². The second kappa shape index (κ2) is 7.81. The van der Waals surface area contributed by atoms with Gasteiger partial charge in [-0.2, -0.15) is 0 Å². The Labute approximate surface area is 116 Å².